The first kappa shape index (κ1) is 7.00. The highest BCUT2D eigenvalue weighted by Crippen LogP contribution is 2.15. The highest BCUT2D eigenvalue weighted by Gasteiger charge is 2.04. The van der Waals surface area contributed by atoms with Gasteiger partial charge >= 0.3 is 0 Å². The first-order valence-electron chi connectivity index (χ1n) is 3.31. The standard InChI is InChI=1S/C7H13NS/c1-7(2)5-8-3-4-9-6-8/h3-4,7H,5-6H2,1-2H3. The first-order chi connectivity index (χ1) is 4.29. The Balaban J connectivity index is 2.20. The van der Waals surface area contributed by atoms with E-state index in [4.69, 9.17) is 0 Å². The zero-order valence-electron chi connectivity index (χ0n) is 6.00. The maximum atomic E-state index is 2.34. The van der Waals surface area contributed by atoms with Gasteiger partial charge in [-0.3, -0.25) is 0 Å². The van der Waals surface area contributed by atoms with Gasteiger partial charge in [0.05, 0.1) is 5.88 Å². The molecule has 0 unspecified atom stereocenters. The average Bonchev–Trinajstić information content (AvgIpc) is 2.15. The molecule has 0 saturated carbocycles. The molecule has 0 atom stereocenters. The molecule has 52 valence electrons. The highest BCUT2D eigenvalue weighted by atomic mass is 32.2. The number of nitrogens with zero attached hydrogens (tertiary/aromatic N) is 1. The van der Waals surface area contributed by atoms with Crippen molar-refractivity contribution in [2.24, 2.45) is 5.92 Å². The first-order valence-corrected chi connectivity index (χ1v) is 4.36. The van der Waals surface area contributed by atoms with Gasteiger partial charge in [-0.2, -0.15) is 0 Å². The monoisotopic (exact) mass is 143 g/mol. The molecule has 0 N–H and O–H groups in total. The second kappa shape index (κ2) is 3.16. The van der Waals surface area contributed by atoms with Gasteiger partial charge in [0.2, 0.25) is 0 Å². The molecule has 0 saturated heterocycles. The van der Waals surface area contributed by atoms with E-state index in [0.717, 1.165) is 11.8 Å². The van der Waals surface area contributed by atoms with Crippen LogP contribution in [0.1, 0.15) is 13.8 Å². The van der Waals surface area contributed by atoms with Crippen molar-refractivity contribution in [3.8, 4) is 0 Å². The van der Waals surface area contributed by atoms with Crippen LogP contribution in [0.4, 0.5) is 0 Å². The van der Waals surface area contributed by atoms with Gasteiger partial charge < -0.3 is 4.90 Å². The summed E-state index contributed by atoms with van der Waals surface area (Å²) < 4.78 is 0. The Hall–Kier alpha value is -0.110. The summed E-state index contributed by atoms with van der Waals surface area (Å²) >= 11 is 1.87. The molecule has 0 fully saturated rings. The molecule has 0 radical (unpaired) electrons. The number of thioether (sulfide) groups is 1. The van der Waals surface area contributed by atoms with E-state index >= 15 is 0 Å². The Morgan fingerprint density at radius 3 is 2.89 bits per heavy atom. The largest absolute Gasteiger partial charge is 0.367 e. The summed E-state index contributed by atoms with van der Waals surface area (Å²) in [5.74, 6) is 1.94. The minimum Gasteiger partial charge on any atom is -0.367 e. The summed E-state index contributed by atoms with van der Waals surface area (Å²) in [6.45, 7) is 5.69. The summed E-state index contributed by atoms with van der Waals surface area (Å²) in [7, 11) is 0. The molecule has 0 aliphatic carbocycles. The van der Waals surface area contributed by atoms with Crippen LogP contribution < -0.4 is 0 Å². The fraction of sp³-hybridized carbons (Fsp3) is 0.714. The smallest absolute Gasteiger partial charge is 0.0675 e. The normalized spacial score (nSPS) is 17.9. The van der Waals surface area contributed by atoms with Crippen molar-refractivity contribution in [2.45, 2.75) is 13.8 Å². The molecule has 1 aliphatic rings. The Morgan fingerprint density at radius 1 is 1.67 bits per heavy atom. The van der Waals surface area contributed by atoms with Gasteiger partial charge in [0.15, 0.2) is 0 Å². The maximum Gasteiger partial charge on any atom is 0.0675 e. The Bertz CT molecular complexity index is 109. The zero-order chi connectivity index (χ0) is 6.69. The van der Waals surface area contributed by atoms with Crippen molar-refractivity contribution < 1.29 is 0 Å². The zero-order valence-corrected chi connectivity index (χ0v) is 6.82. The third kappa shape index (κ3) is 2.31. The molecular formula is C7H13NS. The minimum atomic E-state index is 0.786. The predicted octanol–water partition coefficient (Wildman–Crippen LogP) is 2.12. The summed E-state index contributed by atoms with van der Waals surface area (Å²) in [5, 5.41) is 2.16. The third-order valence-electron chi connectivity index (χ3n) is 1.21. The van der Waals surface area contributed by atoms with Crippen molar-refractivity contribution in [3.63, 3.8) is 0 Å². The Morgan fingerprint density at radius 2 is 2.44 bits per heavy atom. The van der Waals surface area contributed by atoms with Gasteiger partial charge in [-0.15, -0.1) is 11.8 Å². The molecule has 1 rings (SSSR count). The van der Waals surface area contributed by atoms with E-state index < -0.39 is 0 Å². The van der Waals surface area contributed by atoms with E-state index in [2.05, 4.69) is 30.4 Å². The van der Waals surface area contributed by atoms with Crippen molar-refractivity contribution in [1.29, 1.82) is 0 Å². The number of rotatable bonds is 2. The van der Waals surface area contributed by atoms with Crippen LogP contribution >= 0.6 is 11.8 Å². The molecule has 0 bridgehead atoms. The Kier molecular flexibility index (Phi) is 2.46. The van der Waals surface area contributed by atoms with E-state index in [0.29, 0.717) is 0 Å². The summed E-state index contributed by atoms with van der Waals surface area (Å²) in [5.41, 5.74) is 0. The van der Waals surface area contributed by atoms with Crippen LogP contribution in [0.5, 0.6) is 0 Å². The van der Waals surface area contributed by atoms with Gasteiger partial charge in [-0.1, -0.05) is 13.8 Å². The number of hydrogen-bond donors (Lipinski definition) is 0. The fourth-order valence-corrected chi connectivity index (χ4v) is 1.62. The van der Waals surface area contributed by atoms with Crippen LogP contribution in [-0.4, -0.2) is 17.3 Å². The second-order valence-electron chi connectivity index (χ2n) is 2.75. The lowest BCUT2D eigenvalue weighted by Gasteiger charge is -2.16. The van der Waals surface area contributed by atoms with Crippen LogP contribution in [-0.2, 0) is 0 Å². The van der Waals surface area contributed by atoms with Crippen LogP contribution in [0.2, 0.25) is 0 Å². The van der Waals surface area contributed by atoms with Gasteiger partial charge in [-0.05, 0) is 11.3 Å². The molecule has 0 amide bonds. The summed E-state index contributed by atoms with van der Waals surface area (Å²) in [4.78, 5) is 2.34. The lowest BCUT2D eigenvalue weighted by atomic mass is 10.2. The average molecular weight is 143 g/mol. The summed E-state index contributed by atoms with van der Waals surface area (Å²) in [6, 6.07) is 0. The lowest BCUT2D eigenvalue weighted by molar-refractivity contribution is 0.383. The predicted molar refractivity (Wildman–Crippen MR) is 43.1 cm³/mol. The third-order valence-corrected chi connectivity index (χ3v) is 2.00. The molecule has 1 nitrogen and oxygen atoms in total. The van der Waals surface area contributed by atoms with Crippen LogP contribution in [0, 0.1) is 5.92 Å². The van der Waals surface area contributed by atoms with Crippen LogP contribution in [0.3, 0.4) is 0 Å². The van der Waals surface area contributed by atoms with Crippen molar-refractivity contribution in [2.75, 3.05) is 12.4 Å². The van der Waals surface area contributed by atoms with E-state index in [1.54, 1.807) is 0 Å². The van der Waals surface area contributed by atoms with Gasteiger partial charge in [-0.25, -0.2) is 0 Å². The van der Waals surface area contributed by atoms with Gasteiger partial charge in [0.25, 0.3) is 0 Å². The topological polar surface area (TPSA) is 3.24 Å². The molecule has 1 aliphatic heterocycles. The SMILES string of the molecule is CC(C)CN1C=CSC1. The lowest BCUT2D eigenvalue weighted by Crippen LogP contribution is -2.18. The summed E-state index contributed by atoms with van der Waals surface area (Å²) in [6.07, 6.45) is 2.17. The van der Waals surface area contributed by atoms with E-state index in [-0.39, 0.29) is 0 Å². The highest BCUT2D eigenvalue weighted by molar-refractivity contribution is 8.02. The van der Waals surface area contributed by atoms with Crippen molar-refractivity contribution in [3.05, 3.63) is 11.6 Å². The van der Waals surface area contributed by atoms with Crippen LogP contribution in [0.25, 0.3) is 0 Å². The molecule has 0 aromatic heterocycles. The quantitative estimate of drug-likeness (QED) is 0.582. The van der Waals surface area contributed by atoms with Gasteiger partial charge in [0, 0.05) is 12.7 Å². The molecule has 0 spiro atoms. The van der Waals surface area contributed by atoms with Crippen molar-refractivity contribution in [1.82, 2.24) is 4.90 Å². The van der Waals surface area contributed by atoms with E-state index in [1.807, 2.05) is 11.8 Å². The minimum absolute atomic E-state index is 0.786. The van der Waals surface area contributed by atoms with Gasteiger partial charge in [0.1, 0.15) is 0 Å². The van der Waals surface area contributed by atoms with E-state index in [1.165, 1.54) is 6.54 Å². The second-order valence-corrected chi connectivity index (χ2v) is 3.61. The molecule has 0 aromatic rings. The molecule has 9 heavy (non-hydrogen) atoms. The Labute approximate surface area is 61.1 Å². The van der Waals surface area contributed by atoms with Crippen molar-refractivity contribution >= 4 is 11.8 Å². The van der Waals surface area contributed by atoms with E-state index in [9.17, 15) is 0 Å². The number of hydrogen-bond acceptors (Lipinski definition) is 2. The molecule has 1 heterocycles. The molecule has 2 heteroatoms. The van der Waals surface area contributed by atoms with Crippen LogP contribution in [0.15, 0.2) is 11.6 Å². The fourth-order valence-electron chi connectivity index (χ4n) is 0.893. The molecule has 0 aromatic carbocycles. The molecular weight excluding hydrogens is 130 g/mol. The maximum absolute atomic E-state index is 2.34.